The molecule has 1 heteroatoms. The van der Waals surface area contributed by atoms with Crippen molar-refractivity contribution in [2.24, 2.45) is 22.7 Å². The van der Waals surface area contributed by atoms with Crippen LogP contribution in [0, 0.1) is 22.7 Å². The normalized spacial score (nSPS) is 34.3. The molecule has 1 aliphatic heterocycles. The second-order valence-corrected chi connectivity index (χ2v) is 9.03. The maximum atomic E-state index is 2.61. The lowest BCUT2D eigenvalue weighted by Gasteiger charge is -2.57. The van der Waals surface area contributed by atoms with Crippen molar-refractivity contribution in [1.82, 2.24) is 4.90 Å². The molecule has 1 nitrogen and oxygen atoms in total. The molecule has 1 saturated heterocycles. The average molecular weight is 268 g/mol. The van der Waals surface area contributed by atoms with Crippen LogP contribution in [0.3, 0.4) is 0 Å². The molecule has 0 aromatic carbocycles. The van der Waals surface area contributed by atoms with E-state index in [1.165, 1.54) is 25.8 Å². The van der Waals surface area contributed by atoms with Gasteiger partial charge >= 0.3 is 0 Å². The lowest BCUT2D eigenvalue weighted by atomic mass is 9.57. The van der Waals surface area contributed by atoms with Crippen molar-refractivity contribution in [3.63, 3.8) is 0 Å². The Morgan fingerprint density at radius 3 is 2.21 bits per heavy atom. The van der Waals surface area contributed by atoms with Gasteiger partial charge in [0.05, 0.1) is 0 Å². The Kier molecular flexibility index (Phi) is 4.83. The fourth-order valence-corrected chi connectivity index (χ4v) is 4.49. The zero-order chi connectivity index (χ0) is 15.1. The van der Waals surface area contributed by atoms with Crippen LogP contribution in [0.1, 0.15) is 74.7 Å². The molecule has 0 spiro atoms. The van der Waals surface area contributed by atoms with Crippen LogP contribution in [0.15, 0.2) is 0 Å². The summed E-state index contributed by atoms with van der Waals surface area (Å²) >= 11 is 0. The SMILES string of the molecule is CCC1(C(C)CC(C)(C)C)CN(C)C(C)(C)CC1C. The second kappa shape index (κ2) is 5.39. The highest BCUT2D eigenvalue weighted by Gasteiger charge is 2.48. The van der Waals surface area contributed by atoms with Gasteiger partial charge in [-0.1, -0.05) is 41.5 Å². The summed E-state index contributed by atoms with van der Waals surface area (Å²) in [5.74, 6) is 1.62. The number of nitrogens with zero attached hydrogens (tertiary/aromatic N) is 1. The van der Waals surface area contributed by atoms with Crippen LogP contribution in [0.25, 0.3) is 0 Å². The summed E-state index contributed by atoms with van der Waals surface area (Å²) < 4.78 is 0. The molecule has 3 unspecified atom stereocenters. The summed E-state index contributed by atoms with van der Waals surface area (Å²) in [7, 11) is 2.32. The van der Waals surface area contributed by atoms with E-state index in [0.717, 1.165) is 11.8 Å². The highest BCUT2D eigenvalue weighted by atomic mass is 15.2. The van der Waals surface area contributed by atoms with Gasteiger partial charge in [-0.25, -0.2) is 0 Å². The molecule has 0 N–H and O–H groups in total. The molecule has 3 atom stereocenters. The maximum absolute atomic E-state index is 2.61. The molecule has 1 heterocycles. The monoisotopic (exact) mass is 267 g/mol. The van der Waals surface area contributed by atoms with Crippen molar-refractivity contribution in [3.05, 3.63) is 0 Å². The molecule has 0 radical (unpaired) electrons. The van der Waals surface area contributed by atoms with Gasteiger partial charge in [-0.2, -0.15) is 0 Å². The van der Waals surface area contributed by atoms with E-state index in [-0.39, 0.29) is 0 Å². The van der Waals surface area contributed by atoms with Gasteiger partial charge in [0, 0.05) is 12.1 Å². The van der Waals surface area contributed by atoms with Gasteiger partial charge < -0.3 is 4.90 Å². The molecule has 1 fully saturated rings. The largest absolute Gasteiger partial charge is 0.301 e. The smallest absolute Gasteiger partial charge is 0.0153 e. The molecule has 19 heavy (non-hydrogen) atoms. The Bertz CT molecular complexity index is 299. The van der Waals surface area contributed by atoms with E-state index in [1.807, 2.05) is 0 Å². The van der Waals surface area contributed by atoms with Crippen molar-refractivity contribution in [2.45, 2.75) is 80.2 Å². The van der Waals surface area contributed by atoms with Gasteiger partial charge in [-0.3, -0.25) is 0 Å². The number of piperidine rings is 1. The predicted molar refractivity (Wildman–Crippen MR) is 86.5 cm³/mol. The van der Waals surface area contributed by atoms with Crippen molar-refractivity contribution in [3.8, 4) is 0 Å². The first kappa shape index (κ1) is 17.0. The molecule has 0 aromatic heterocycles. The number of rotatable bonds is 3. The summed E-state index contributed by atoms with van der Waals surface area (Å²) in [4.78, 5) is 2.61. The highest BCUT2D eigenvalue weighted by Crippen LogP contribution is 2.51. The molecule has 0 aliphatic carbocycles. The summed E-state index contributed by atoms with van der Waals surface area (Å²) in [6.45, 7) is 20.6. The minimum atomic E-state index is 0.361. The van der Waals surface area contributed by atoms with Gasteiger partial charge in [-0.05, 0) is 62.8 Å². The lowest BCUT2D eigenvalue weighted by molar-refractivity contribution is -0.0705. The van der Waals surface area contributed by atoms with Crippen molar-refractivity contribution < 1.29 is 0 Å². The zero-order valence-corrected chi connectivity index (χ0v) is 14.9. The first-order valence-electron chi connectivity index (χ1n) is 8.16. The van der Waals surface area contributed by atoms with Gasteiger partial charge in [-0.15, -0.1) is 0 Å². The Labute approximate surface area is 122 Å². The topological polar surface area (TPSA) is 3.24 Å². The zero-order valence-electron chi connectivity index (χ0n) is 14.9. The van der Waals surface area contributed by atoms with E-state index in [0.29, 0.717) is 16.4 Å². The minimum Gasteiger partial charge on any atom is -0.301 e. The fourth-order valence-electron chi connectivity index (χ4n) is 4.49. The van der Waals surface area contributed by atoms with E-state index in [9.17, 15) is 0 Å². The van der Waals surface area contributed by atoms with E-state index >= 15 is 0 Å². The lowest BCUT2D eigenvalue weighted by Crippen LogP contribution is -2.58. The standard InChI is InChI=1S/C18H37N/c1-10-18(14(2)11-16(4,5)6)13-19(9)17(7,8)12-15(18)3/h14-15H,10-13H2,1-9H3. The van der Waals surface area contributed by atoms with Gasteiger partial charge in [0.1, 0.15) is 0 Å². The summed E-state index contributed by atoms with van der Waals surface area (Å²) in [5, 5.41) is 0. The average Bonchev–Trinajstić information content (AvgIpc) is 2.20. The number of hydrogen-bond acceptors (Lipinski definition) is 1. The molecule has 114 valence electrons. The maximum Gasteiger partial charge on any atom is 0.0153 e. The predicted octanol–water partition coefficient (Wildman–Crippen LogP) is 5.21. The highest BCUT2D eigenvalue weighted by molar-refractivity contribution is 5.00. The molecule has 0 bridgehead atoms. The van der Waals surface area contributed by atoms with Crippen LogP contribution >= 0.6 is 0 Å². The quantitative estimate of drug-likeness (QED) is 0.679. The molecule has 0 saturated carbocycles. The van der Waals surface area contributed by atoms with Gasteiger partial charge in [0.25, 0.3) is 0 Å². The molecular formula is C18H37N. The van der Waals surface area contributed by atoms with Crippen LogP contribution in [0.5, 0.6) is 0 Å². The molecule has 0 amide bonds. The molecule has 1 rings (SSSR count). The van der Waals surface area contributed by atoms with Crippen LogP contribution in [-0.2, 0) is 0 Å². The van der Waals surface area contributed by atoms with Gasteiger partial charge in [0.2, 0.25) is 0 Å². The Morgan fingerprint density at radius 1 is 1.26 bits per heavy atom. The Hall–Kier alpha value is -0.0400. The third-order valence-electron chi connectivity index (χ3n) is 5.91. The Morgan fingerprint density at radius 2 is 1.79 bits per heavy atom. The van der Waals surface area contributed by atoms with Crippen LogP contribution < -0.4 is 0 Å². The van der Waals surface area contributed by atoms with Crippen molar-refractivity contribution in [2.75, 3.05) is 13.6 Å². The van der Waals surface area contributed by atoms with Crippen LogP contribution in [0.4, 0.5) is 0 Å². The summed E-state index contributed by atoms with van der Waals surface area (Å²) in [5.41, 5.74) is 1.30. The molecular weight excluding hydrogens is 230 g/mol. The van der Waals surface area contributed by atoms with E-state index in [1.54, 1.807) is 0 Å². The van der Waals surface area contributed by atoms with Crippen molar-refractivity contribution in [1.29, 1.82) is 0 Å². The third-order valence-corrected chi connectivity index (χ3v) is 5.91. The van der Waals surface area contributed by atoms with Crippen molar-refractivity contribution >= 4 is 0 Å². The molecule has 1 aliphatic rings. The fraction of sp³-hybridized carbons (Fsp3) is 1.00. The third kappa shape index (κ3) is 3.54. The van der Waals surface area contributed by atoms with Crippen LogP contribution in [-0.4, -0.2) is 24.0 Å². The Balaban J connectivity index is 2.97. The second-order valence-electron chi connectivity index (χ2n) is 9.03. The number of hydrogen-bond donors (Lipinski definition) is 0. The first-order chi connectivity index (χ1) is 8.44. The number of likely N-dealkylation sites (tertiary alicyclic amines) is 1. The molecule has 0 aromatic rings. The van der Waals surface area contributed by atoms with Crippen LogP contribution in [0.2, 0.25) is 0 Å². The van der Waals surface area contributed by atoms with E-state index < -0.39 is 0 Å². The first-order valence-corrected chi connectivity index (χ1v) is 8.16. The summed E-state index contributed by atoms with van der Waals surface area (Å²) in [6, 6.07) is 0. The minimum absolute atomic E-state index is 0.361. The summed E-state index contributed by atoms with van der Waals surface area (Å²) in [6.07, 6.45) is 3.97. The van der Waals surface area contributed by atoms with E-state index in [2.05, 4.69) is 67.3 Å². The van der Waals surface area contributed by atoms with E-state index in [4.69, 9.17) is 0 Å². The van der Waals surface area contributed by atoms with Gasteiger partial charge in [0.15, 0.2) is 0 Å².